The molecule has 2 aromatic rings. The fourth-order valence-corrected chi connectivity index (χ4v) is 1.92. The van der Waals surface area contributed by atoms with Crippen molar-refractivity contribution in [1.29, 1.82) is 0 Å². The minimum atomic E-state index is -1.35. The van der Waals surface area contributed by atoms with Crippen LogP contribution in [0.25, 0.3) is 0 Å². The Morgan fingerprint density at radius 3 is 2.72 bits per heavy atom. The number of benzene rings is 1. The predicted molar refractivity (Wildman–Crippen MR) is 63.1 cm³/mol. The number of hydrogen-bond donors (Lipinski definition) is 1. The molecule has 1 heterocycles. The van der Waals surface area contributed by atoms with Crippen molar-refractivity contribution in [1.82, 2.24) is 9.78 Å². The Hall–Kier alpha value is -1.75. The largest absolute Gasteiger partial charge is 0.382 e. The Balaban J connectivity index is 2.52. The van der Waals surface area contributed by atoms with Crippen LogP contribution in [-0.4, -0.2) is 14.9 Å². The second-order valence-electron chi connectivity index (χ2n) is 4.07. The normalized spacial score (nSPS) is 12.7. The molecule has 0 bridgehead atoms. The molecule has 2 rings (SSSR count). The van der Waals surface area contributed by atoms with Crippen LogP contribution in [0, 0.1) is 18.6 Å². The van der Waals surface area contributed by atoms with Crippen molar-refractivity contribution in [2.75, 3.05) is 0 Å². The maximum absolute atomic E-state index is 13.9. The molecular formula is C13H14F2N2O. The zero-order chi connectivity index (χ0) is 13.3. The summed E-state index contributed by atoms with van der Waals surface area (Å²) in [4.78, 5) is 0. The maximum atomic E-state index is 13.9. The quantitative estimate of drug-likeness (QED) is 0.911. The van der Waals surface area contributed by atoms with Crippen molar-refractivity contribution in [2.24, 2.45) is 0 Å². The van der Waals surface area contributed by atoms with Crippen molar-refractivity contribution in [3.05, 3.63) is 52.9 Å². The van der Waals surface area contributed by atoms with Gasteiger partial charge in [0.25, 0.3) is 0 Å². The highest BCUT2D eigenvalue weighted by molar-refractivity contribution is 5.32. The van der Waals surface area contributed by atoms with Crippen molar-refractivity contribution >= 4 is 0 Å². The maximum Gasteiger partial charge on any atom is 0.135 e. The van der Waals surface area contributed by atoms with Crippen molar-refractivity contribution < 1.29 is 13.9 Å². The Morgan fingerprint density at radius 1 is 1.33 bits per heavy atom. The highest BCUT2D eigenvalue weighted by atomic mass is 19.1. The van der Waals surface area contributed by atoms with Gasteiger partial charge in [-0.15, -0.1) is 0 Å². The van der Waals surface area contributed by atoms with Crippen LogP contribution in [0.4, 0.5) is 8.78 Å². The Kier molecular flexibility index (Phi) is 3.43. The molecule has 0 radical (unpaired) electrons. The molecule has 1 aromatic heterocycles. The van der Waals surface area contributed by atoms with Gasteiger partial charge in [0, 0.05) is 12.7 Å². The third kappa shape index (κ3) is 2.01. The lowest BCUT2D eigenvalue weighted by Gasteiger charge is -2.15. The van der Waals surface area contributed by atoms with Crippen LogP contribution in [0.15, 0.2) is 24.4 Å². The van der Waals surface area contributed by atoms with Gasteiger partial charge in [-0.1, -0.05) is 6.07 Å². The molecule has 0 aliphatic carbocycles. The Bertz CT molecular complexity index is 566. The van der Waals surface area contributed by atoms with E-state index in [1.807, 2.05) is 6.92 Å². The monoisotopic (exact) mass is 252 g/mol. The summed E-state index contributed by atoms with van der Waals surface area (Å²) < 4.78 is 29.1. The second-order valence-corrected chi connectivity index (χ2v) is 4.07. The number of aliphatic hydroxyl groups is 1. The van der Waals surface area contributed by atoms with Crippen molar-refractivity contribution in [3.8, 4) is 0 Å². The van der Waals surface area contributed by atoms with Crippen LogP contribution in [0.2, 0.25) is 0 Å². The number of aromatic nitrogens is 2. The van der Waals surface area contributed by atoms with Crippen LogP contribution in [0.5, 0.6) is 0 Å². The first-order chi connectivity index (χ1) is 8.56. The molecule has 0 fully saturated rings. The van der Waals surface area contributed by atoms with E-state index in [1.54, 1.807) is 6.07 Å². The summed E-state index contributed by atoms with van der Waals surface area (Å²) in [6.45, 7) is 3.89. The summed E-state index contributed by atoms with van der Waals surface area (Å²) in [7, 11) is 0. The molecular weight excluding hydrogens is 238 g/mol. The third-order valence-electron chi connectivity index (χ3n) is 2.92. The molecule has 96 valence electrons. The lowest BCUT2D eigenvalue weighted by Crippen LogP contribution is -2.12. The van der Waals surface area contributed by atoms with E-state index >= 15 is 0 Å². The molecule has 5 heteroatoms. The number of rotatable bonds is 3. The predicted octanol–water partition coefficient (Wildman–Crippen LogP) is 2.57. The highest BCUT2D eigenvalue weighted by Crippen LogP contribution is 2.28. The first kappa shape index (κ1) is 12.7. The lowest BCUT2D eigenvalue weighted by molar-refractivity contribution is 0.197. The Morgan fingerprint density at radius 2 is 2.06 bits per heavy atom. The SMILES string of the molecule is CCn1nccc1C(O)c1c(F)ccc(C)c1F. The molecule has 0 aliphatic rings. The fourth-order valence-electron chi connectivity index (χ4n) is 1.92. The molecule has 0 aliphatic heterocycles. The highest BCUT2D eigenvalue weighted by Gasteiger charge is 2.23. The summed E-state index contributed by atoms with van der Waals surface area (Å²) in [6, 6.07) is 4.05. The number of nitrogens with zero attached hydrogens (tertiary/aromatic N) is 2. The molecule has 3 nitrogen and oxygen atoms in total. The van der Waals surface area contributed by atoms with Gasteiger partial charge in [-0.3, -0.25) is 4.68 Å². The zero-order valence-electron chi connectivity index (χ0n) is 10.2. The molecule has 0 spiro atoms. The smallest absolute Gasteiger partial charge is 0.135 e. The van der Waals surface area contributed by atoms with Crippen LogP contribution >= 0.6 is 0 Å². The van der Waals surface area contributed by atoms with Gasteiger partial charge in [0.2, 0.25) is 0 Å². The van der Waals surface area contributed by atoms with Crippen molar-refractivity contribution in [3.63, 3.8) is 0 Å². The van der Waals surface area contributed by atoms with Gasteiger partial charge in [-0.2, -0.15) is 5.10 Å². The van der Waals surface area contributed by atoms with Gasteiger partial charge in [0.1, 0.15) is 17.7 Å². The minimum absolute atomic E-state index is 0.299. The molecule has 0 saturated carbocycles. The number of hydrogen-bond acceptors (Lipinski definition) is 2. The molecule has 18 heavy (non-hydrogen) atoms. The van der Waals surface area contributed by atoms with Crippen molar-refractivity contribution in [2.45, 2.75) is 26.5 Å². The topological polar surface area (TPSA) is 38.0 Å². The third-order valence-corrected chi connectivity index (χ3v) is 2.92. The van der Waals surface area contributed by atoms with Crippen LogP contribution in [-0.2, 0) is 6.54 Å². The number of aliphatic hydroxyl groups excluding tert-OH is 1. The van der Waals surface area contributed by atoms with Gasteiger partial charge >= 0.3 is 0 Å². The summed E-state index contributed by atoms with van der Waals surface area (Å²) in [5.74, 6) is -1.47. The lowest BCUT2D eigenvalue weighted by atomic mass is 10.0. The van der Waals surface area contributed by atoms with Gasteiger partial charge in [0.05, 0.1) is 11.3 Å². The van der Waals surface area contributed by atoms with E-state index in [1.165, 1.54) is 23.9 Å². The molecule has 0 amide bonds. The summed E-state index contributed by atoms with van der Waals surface area (Å²) >= 11 is 0. The first-order valence-electron chi connectivity index (χ1n) is 5.70. The van der Waals surface area contributed by atoms with Gasteiger partial charge in [0.15, 0.2) is 0 Å². The van der Waals surface area contributed by atoms with Gasteiger partial charge < -0.3 is 5.11 Å². The van der Waals surface area contributed by atoms with E-state index < -0.39 is 17.7 Å². The summed E-state index contributed by atoms with van der Waals surface area (Å²) in [6.07, 6.45) is 0.139. The number of halogens is 2. The van der Waals surface area contributed by atoms with E-state index in [0.29, 0.717) is 17.8 Å². The van der Waals surface area contributed by atoms with Gasteiger partial charge in [-0.05, 0) is 31.5 Å². The van der Waals surface area contributed by atoms with Crippen LogP contribution in [0.3, 0.4) is 0 Å². The minimum Gasteiger partial charge on any atom is -0.382 e. The molecule has 1 unspecified atom stereocenters. The average Bonchev–Trinajstić information content (AvgIpc) is 2.82. The zero-order valence-corrected chi connectivity index (χ0v) is 10.2. The van der Waals surface area contributed by atoms with E-state index in [9.17, 15) is 13.9 Å². The van der Waals surface area contributed by atoms with Crippen LogP contribution < -0.4 is 0 Å². The van der Waals surface area contributed by atoms with Gasteiger partial charge in [-0.25, -0.2) is 8.78 Å². The molecule has 1 aromatic carbocycles. The summed E-state index contributed by atoms with van der Waals surface area (Å²) in [5, 5.41) is 14.1. The second kappa shape index (κ2) is 4.86. The van der Waals surface area contributed by atoms with E-state index in [2.05, 4.69) is 5.10 Å². The standard InChI is InChI=1S/C13H14F2N2O/c1-3-17-10(6-7-16-17)13(18)11-9(14)5-4-8(2)12(11)15/h4-7,13,18H,3H2,1-2H3. The number of aryl methyl sites for hydroxylation is 2. The molecule has 1 atom stereocenters. The first-order valence-corrected chi connectivity index (χ1v) is 5.70. The average molecular weight is 252 g/mol. The summed E-state index contributed by atoms with van der Waals surface area (Å²) in [5.41, 5.74) is 0.346. The molecule has 1 N–H and O–H groups in total. The van der Waals surface area contributed by atoms with E-state index in [-0.39, 0.29) is 5.56 Å². The van der Waals surface area contributed by atoms with E-state index in [4.69, 9.17) is 0 Å². The fraction of sp³-hybridized carbons (Fsp3) is 0.308. The Labute approximate surface area is 104 Å². The van der Waals surface area contributed by atoms with E-state index in [0.717, 1.165) is 6.07 Å². The van der Waals surface area contributed by atoms with Crippen LogP contribution in [0.1, 0.15) is 29.8 Å². The molecule has 0 saturated heterocycles.